The van der Waals surface area contributed by atoms with E-state index in [-0.39, 0.29) is 102 Å². The first-order valence-electron chi connectivity index (χ1n) is 33.3. The number of primary amides is 3. The molecule has 1 aliphatic heterocycles. The molecule has 32 N–H and O–H groups in total. The number of nitrogens with zero attached hydrogens (tertiary/aromatic N) is 2. The van der Waals surface area contributed by atoms with Gasteiger partial charge in [0.25, 0.3) is 0 Å². The van der Waals surface area contributed by atoms with Crippen LogP contribution in [0.4, 0.5) is 0 Å². The Hall–Kier alpha value is -9.85. The molecule has 0 aliphatic carbocycles. The first-order chi connectivity index (χ1) is 46.5. The van der Waals surface area contributed by atoms with E-state index in [4.69, 9.17) is 62.1 Å². The topological polar surface area (TPSA) is 674 Å². The fraction of sp³-hybridized carbons (Fsp3) is 0.717. The molecule has 11 atom stereocenters. The maximum Gasteiger partial charge on any atom is 0.245 e. The Morgan fingerprint density at radius 1 is 0.434 bits per heavy atom. The van der Waals surface area contributed by atoms with Gasteiger partial charge in [0, 0.05) is 58.5 Å². The number of hydrogen-bond acceptors (Lipinski definition) is 18. The van der Waals surface area contributed by atoms with Crippen LogP contribution in [0.2, 0.25) is 0 Å². The zero-order valence-corrected chi connectivity index (χ0v) is 58.1. The summed E-state index contributed by atoms with van der Waals surface area (Å²) in [6, 6.07) is -13.6. The van der Waals surface area contributed by atoms with Gasteiger partial charge in [0.1, 0.15) is 60.4 Å². The van der Waals surface area contributed by atoms with Crippen molar-refractivity contribution in [2.75, 3.05) is 46.3 Å². The quantitative estimate of drug-likeness (QED) is 0.0153. The van der Waals surface area contributed by atoms with Crippen molar-refractivity contribution in [2.45, 2.75) is 211 Å². The number of nitrogens with one attached hydrogen (secondary N) is 16. The monoisotopic (exact) mass is 1400 g/mol. The van der Waals surface area contributed by atoms with Gasteiger partial charge in [-0.05, 0) is 122 Å². The van der Waals surface area contributed by atoms with Gasteiger partial charge in [-0.1, -0.05) is 34.6 Å². The van der Waals surface area contributed by atoms with Crippen LogP contribution in [0.15, 0.2) is 4.99 Å². The lowest BCUT2D eigenvalue weighted by atomic mass is 10.0. The summed E-state index contributed by atoms with van der Waals surface area (Å²) in [7, 11) is 1.48. The SMILES string of the molecule is CN=C(N)NCCC[C@H](NC(=O)[C@@H](C)CCCNC(=N)N)C(=O)N1CCC[C@H]1C(=O)N[C@@H](CCC(N)=O)C(=O)N[C@@H](CCCNC(=N)N)C(=O)N[C@@H](CCC(N)=O)C(=O)N[C@@H](CCCCN)C(=O)N[C@@H](C)C(=O)N[C@H](C(=O)N[C@@H](CCCNC(=N)N)C(=O)N[C@H](C(N)=O)C(C)C)C(C)C. The summed E-state index contributed by atoms with van der Waals surface area (Å²) in [6.07, 6.45) is 0.477. The number of guanidine groups is 4. The van der Waals surface area contributed by atoms with Gasteiger partial charge in [-0.3, -0.25) is 83.5 Å². The molecule has 0 spiro atoms. The zero-order valence-electron chi connectivity index (χ0n) is 58.1. The second-order valence-electron chi connectivity index (χ2n) is 25.0. The standard InChI is InChI=1S/C60H112N26O13/c1-31(2)44(46(64)89)84-53(96)37(18-12-28-75-59(69)70)82-55(98)45(32(3)4)85-48(91)34(6)77-49(92)35(16-8-9-25-61)78-51(94)38(21-23-42(62)87)80-50(93)36(17-11-27-74-58(67)68)79-52(95)39(22-24-43(63)88)81-54(97)41-20-14-30-86(41)56(99)40(19-13-29-76-60(71)72-7)83-47(90)33(5)15-10-26-73-57(65)66/h31-41,44-45H,8-30,61H2,1-7H3,(H2,62,87)(H2,63,88)(H2,64,89)(H,77,92)(H,78,94)(H,79,95)(H,80,93)(H,81,97)(H,82,98)(H,83,90)(H,84,96)(H,85,91)(H4,65,66,73)(H4,67,68,74)(H4,69,70,75)(H3,71,72,76)/t33-,34-,35-,36-,37-,38-,39-,40-,41-,44-,45-/m0/s1. The van der Waals surface area contributed by atoms with Crippen molar-refractivity contribution in [1.82, 2.24) is 74.0 Å². The van der Waals surface area contributed by atoms with Crippen LogP contribution in [-0.2, 0) is 62.3 Å². The van der Waals surface area contributed by atoms with Crippen LogP contribution in [0.1, 0.15) is 151 Å². The summed E-state index contributed by atoms with van der Waals surface area (Å²) in [6.45, 7) is 10.5. The Morgan fingerprint density at radius 3 is 1.25 bits per heavy atom. The Kier molecular flexibility index (Phi) is 40.8. The fourth-order valence-corrected chi connectivity index (χ4v) is 10.3. The van der Waals surface area contributed by atoms with Gasteiger partial charge in [0.05, 0.1) is 0 Å². The van der Waals surface area contributed by atoms with Gasteiger partial charge in [-0.15, -0.1) is 0 Å². The number of likely N-dealkylation sites (tertiary alicyclic amines) is 1. The molecule has 1 rings (SSSR count). The van der Waals surface area contributed by atoms with E-state index < -0.39 is 187 Å². The highest BCUT2D eigenvalue weighted by molar-refractivity contribution is 5.99. The lowest BCUT2D eigenvalue weighted by Gasteiger charge is -2.31. The van der Waals surface area contributed by atoms with Crippen LogP contribution in [0.25, 0.3) is 0 Å². The lowest BCUT2D eigenvalue weighted by molar-refractivity contribution is -0.142. The third kappa shape index (κ3) is 34.8. The first-order valence-corrected chi connectivity index (χ1v) is 33.3. The van der Waals surface area contributed by atoms with E-state index in [1.807, 2.05) is 0 Å². The van der Waals surface area contributed by atoms with E-state index in [2.05, 4.69) is 74.1 Å². The van der Waals surface area contributed by atoms with Gasteiger partial charge < -0.3 is 120 Å². The molecule has 0 saturated carbocycles. The third-order valence-electron chi connectivity index (χ3n) is 16.0. The van der Waals surface area contributed by atoms with E-state index in [0.29, 0.717) is 38.6 Å². The van der Waals surface area contributed by atoms with Crippen molar-refractivity contribution >= 4 is 101 Å². The Morgan fingerprint density at radius 2 is 0.818 bits per heavy atom. The molecule has 1 fully saturated rings. The molecular weight excluding hydrogens is 1290 g/mol. The number of unbranched alkanes of at least 4 members (excludes halogenated alkanes) is 1. The number of aliphatic imine (C=N–C) groups is 1. The van der Waals surface area contributed by atoms with E-state index in [0.717, 1.165) is 0 Å². The number of amides is 13. The predicted octanol–water partition coefficient (Wildman–Crippen LogP) is -7.44. The largest absolute Gasteiger partial charge is 0.370 e. The highest BCUT2D eigenvalue weighted by Gasteiger charge is 2.41. The minimum Gasteiger partial charge on any atom is -0.370 e. The fourth-order valence-electron chi connectivity index (χ4n) is 10.3. The van der Waals surface area contributed by atoms with Gasteiger partial charge in [-0.25, -0.2) is 0 Å². The molecule has 1 aliphatic rings. The van der Waals surface area contributed by atoms with E-state index in [9.17, 15) is 62.3 Å². The van der Waals surface area contributed by atoms with E-state index in [1.54, 1.807) is 34.6 Å². The molecule has 0 aromatic rings. The molecule has 39 nitrogen and oxygen atoms in total. The number of hydrogen-bond donors (Lipinski definition) is 24. The molecule has 0 radical (unpaired) electrons. The van der Waals surface area contributed by atoms with Gasteiger partial charge >= 0.3 is 0 Å². The van der Waals surface area contributed by atoms with Crippen LogP contribution in [0.5, 0.6) is 0 Å². The zero-order chi connectivity index (χ0) is 75.1. The highest BCUT2D eigenvalue weighted by atomic mass is 16.2. The molecule has 1 heterocycles. The van der Waals surface area contributed by atoms with Crippen LogP contribution in [-0.4, -0.2) is 212 Å². The minimum atomic E-state index is -1.65. The molecule has 0 bridgehead atoms. The van der Waals surface area contributed by atoms with Crippen molar-refractivity contribution in [3.8, 4) is 0 Å². The van der Waals surface area contributed by atoms with E-state index >= 15 is 0 Å². The molecule has 1 saturated heterocycles. The number of rotatable bonds is 48. The Labute approximate surface area is 577 Å². The highest BCUT2D eigenvalue weighted by Crippen LogP contribution is 2.21. The second-order valence-corrected chi connectivity index (χ2v) is 25.0. The molecule has 0 aromatic heterocycles. The molecule has 39 heteroatoms. The summed E-state index contributed by atoms with van der Waals surface area (Å²) in [4.78, 5) is 183. The van der Waals surface area contributed by atoms with E-state index in [1.165, 1.54) is 18.9 Å². The molecule has 0 aromatic carbocycles. The average molecular weight is 1410 g/mol. The number of carbonyl (C=O) groups is 13. The van der Waals surface area contributed by atoms with Gasteiger partial charge in [0.15, 0.2) is 23.8 Å². The number of carbonyl (C=O) groups excluding carboxylic acids is 13. The molecule has 99 heavy (non-hydrogen) atoms. The lowest BCUT2D eigenvalue weighted by Crippen LogP contribution is -2.61. The second kappa shape index (κ2) is 46.4. The normalized spacial score (nSPS) is 15.8. The van der Waals surface area contributed by atoms with Gasteiger partial charge in [0.2, 0.25) is 76.8 Å². The first kappa shape index (κ1) is 87.2. The average Bonchev–Trinajstić information content (AvgIpc) is 1.79. The van der Waals surface area contributed by atoms with Crippen LogP contribution < -0.4 is 115 Å². The van der Waals surface area contributed by atoms with Crippen molar-refractivity contribution in [3.63, 3.8) is 0 Å². The van der Waals surface area contributed by atoms with Crippen molar-refractivity contribution < 1.29 is 62.3 Å². The maximum atomic E-state index is 14.5. The summed E-state index contributed by atoms with van der Waals surface area (Å²) >= 11 is 0. The van der Waals surface area contributed by atoms with Crippen LogP contribution in [0, 0.1) is 34.0 Å². The van der Waals surface area contributed by atoms with Crippen LogP contribution >= 0.6 is 0 Å². The van der Waals surface area contributed by atoms with Gasteiger partial charge in [-0.2, -0.15) is 0 Å². The summed E-state index contributed by atoms with van der Waals surface area (Å²) in [5, 5.41) is 56.6. The molecule has 0 unspecified atom stereocenters. The number of nitrogens with two attached hydrogens (primary N) is 8. The maximum absolute atomic E-state index is 14.5. The molecular formula is C60H112N26O13. The Balaban J connectivity index is 3.61. The smallest absolute Gasteiger partial charge is 0.245 e. The van der Waals surface area contributed by atoms with Crippen molar-refractivity contribution in [1.29, 1.82) is 16.2 Å². The third-order valence-corrected chi connectivity index (χ3v) is 16.0. The summed E-state index contributed by atoms with van der Waals surface area (Å²) in [5.74, 6) is -13.3. The van der Waals surface area contributed by atoms with Crippen molar-refractivity contribution in [2.24, 2.45) is 68.6 Å². The molecule has 13 amide bonds. The molecule has 560 valence electrons. The Bertz CT molecular complexity index is 2790. The summed E-state index contributed by atoms with van der Waals surface area (Å²) in [5.41, 5.74) is 44.4. The summed E-state index contributed by atoms with van der Waals surface area (Å²) < 4.78 is 0. The predicted molar refractivity (Wildman–Crippen MR) is 368 cm³/mol. The van der Waals surface area contributed by atoms with Crippen molar-refractivity contribution in [3.05, 3.63) is 0 Å². The van der Waals surface area contributed by atoms with Crippen LogP contribution in [0.3, 0.4) is 0 Å². The minimum absolute atomic E-state index is 0.00593.